The lowest BCUT2D eigenvalue weighted by atomic mass is 10.3. The van der Waals surface area contributed by atoms with E-state index in [1.165, 1.54) is 6.33 Å². The van der Waals surface area contributed by atoms with Crippen LogP contribution in [-0.2, 0) is 0 Å². The van der Waals surface area contributed by atoms with Gasteiger partial charge in [-0.1, -0.05) is 0 Å². The molecule has 0 spiro atoms. The highest BCUT2D eigenvalue weighted by molar-refractivity contribution is 5.69. The molecule has 0 aliphatic heterocycles. The van der Waals surface area contributed by atoms with E-state index in [9.17, 15) is 10.1 Å². The molecule has 0 aliphatic carbocycles. The number of aliphatic hydroxyl groups excluding tert-OH is 1. The fourth-order valence-corrected chi connectivity index (χ4v) is 1.42. The number of nitrogens with one attached hydrogen (secondary N) is 2. The van der Waals surface area contributed by atoms with Crippen LogP contribution in [0.4, 0.5) is 17.3 Å². The van der Waals surface area contributed by atoms with Gasteiger partial charge in [0.05, 0.1) is 4.92 Å². The van der Waals surface area contributed by atoms with Gasteiger partial charge in [-0.15, -0.1) is 0 Å². The van der Waals surface area contributed by atoms with Crippen molar-refractivity contribution in [3.05, 3.63) is 16.4 Å². The van der Waals surface area contributed by atoms with Gasteiger partial charge in [-0.25, -0.2) is 9.97 Å². The molecule has 0 fully saturated rings. The number of nitrogens with zero attached hydrogens (tertiary/aromatic N) is 3. The number of aliphatic hydroxyl groups is 1. The van der Waals surface area contributed by atoms with Gasteiger partial charge >= 0.3 is 5.69 Å². The monoisotopic (exact) mass is 255 g/mol. The zero-order valence-corrected chi connectivity index (χ0v) is 10.2. The second kappa shape index (κ2) is 7.38. The lowest BCUT2D eigenvalue weighted by Gasteiger charge is -2.08. The van der Waals surface area contributed by atoms with Gasteiger partial charge < -0.3 is 15.7 Å². The first-order valence-corrected chi connectivity index (χ1v) is 5.78. The second-order valence-corrected chi connectivity index (χ2v) is 3.56. The van der Waals surface area contributed by atoms with Crippen molar-refractivity contribution < 1.29 is 10.0 Å². The van der Waals surface area contributed by atoms with E-state index >= 15 is 0 Å². The van der Waals surface area contributed by atoms with E-state index in [0.717, 1.165) is 0 Å². The van der Waals surface area contributed by atoms with Crippen LogP contribution in [0.1, 0.15) is 19.8 Å². The third-order valence-electron chi connectivity index (χ3n) is 2.23. The molecule has 1 rings (SSSR count). The van der Waals surface area contributed by atoms with Crippen molar-refractivity contribution in [2.75, 3.05) is 30.3 Å². The van der Waals surface area contributed by atoms with Crippen molar-refractivity contribution >= 4 is 17.3 Å². The molecule has 0 amide bonds. The Morgan fingerprint density at radius 3 is 2.56 bits per heavy atom. The van der Waals surface area contributed by atoms with E-state index in [1.54, 1.807) is 0 Å². The van der Waals surface area contributed by atoms with Crippen molar-refractivity contribution in [3.63, 3.8) is 0 Å². The zero-order chi connectivity index (χ0) is 13.4. The quantitative estimate of drug-likeness (QED) is 0.360. The number of aromatic nitrogens is 2. The van der Waals surface area contributed by atoms with Gasteiger partial charge in [0.2, 0.25) is 11.6 Å². The van der Waals surface area contributed by atoms with Gasteiger partial charge in [0, 0.05) is 19.7 Å². The Bertz CT molecular complexity index is 399. The maximum Gasteiger partial charge on any atom is 0.353 e. The van der Waals surface area contributed by atoms with Gasteiger partial charge in [-0.3, -0.25) is 10.1 Å². The van der Waals surface area contributed by atoms with E-state index in [2.05, 4.69) is 20.6 Å². The molecule has 0 aliphatic rings. The number of nitro groups is 1. The van der Waals surface area contributed by atoms with E-state index in [4.69, 9.17) is 5.11 Å². The molecule has 0 aromatic carbocycles. The van der Waals surface area contributed by atoms with E-state index in [0.29, 0.717) is 25.9 Å². The van der Waals surface area contributed by atoms with Crippen molar-refractivity contribution in [2.24, 2.45) is 0 Å². The minimum Gasteiger partial charge on any atom is -0.396 e. The number of anilines is 2. The van der Waals surface area contributed by atoms with Crippen molar-refractivity contribution in [1.29, 1.82) is 0 Å². The Morgan fingerprint density at radius 1 is 1.33 bits per heavy atom. The molecule has 1 aromatic rings. The van der Waals surface area contributed by atoms with Gasteiger partial charge in [-0.05, 0) is 19.8 Å². The summed E-state index contributed by atoms with van der Waals surface area (Å²) in [6, 6.07) is 0. The highest BCUT2D eigenvalue weighted by atomic mass is 16.6. The van der Waals surface area contributed by atoms with Gasteiger partial charge in [0.15, 0.2) is 0 Å². The maximum absolute atomic E-state index is 11.0. The summed E-state index contributed by atoms with van der Waals surface area (Å²) in [5.41, 5.74) is -0.150. The van der Waals surface area contributed by atoms with Crippen LogP contribution < -0.4 is 10.6 Å². The first kappa shape index (κ1) is 14.1. The van der Waals surface area contributed by atoms with Crippen LogP contribution in [0, 0.1) is 10.1 Å². The SMILES string of the molecule is CCNc1ncnc(NCCCCO)c1[N+](=O)[O-]. The van der Waals surface area contributed by atoms with Crippen LogP contribution in [0.15, 0.2) is 6.33 Å². The molecule has 1 heterocycles. The van der Waals surface area contributed by atoms with Crippen LogP contribution in [0.5, 0.6) is 0 Å². The maximum atomic E-state index is 11.0. The molecule has 18 heavy (non-hydrogen) atoms. The average Bonchev–Trinajstić information content (AvgIpc) is 2.35. The fraction of sp³-hybridized carbons (Fsp3) is 0.600. The summed E-state index contributed by atoms with van der Waals surface area (Å²) in [7, 11) is 0. The Labute approximate surface area is 105 Å². The molecule has 0 unspecified atom stereocenters. The van der Waals surface area contributed by atoms with Gasteiger partial charge in [0.25, 0.3) is 0 Å². The van der Waals surface area contributed by atoms with E-state index in [-0.39, 0.29) is 23.9 Å². The molecule has 0 saturated carbocycles. The zero-order valence-electron chi connectivity index (χ0n) is 10.2. The smallest absolute Gasteiger partial charge is 0.353 e. The van der Waals surface area contributed by atoms with Crippen LogP contribution in [0.25, 0.3) is 0 Å². The van der Waals surface area contributed by atoms with Crippen LogP contribution in [0.2, 0.25) is 0 Å². The molecule has 0 atom stereocenters. The molecule has 0 radical (unpaired) electrons. The molecule has 1 aromatic heterocycles. The van der Waals surface area contributed by atoms with Gasteiger partial charge in [0.1, 0.15) is 6.33 Å². The first-order chi connectivity index (χ1) is 8.70. The predicted molar refractivity (Wildman–Crippen MR) is 67.7 cm³/mol. The fourth-order valence-electron chi connectivity index (χ4n) is 1.42. The van der Waals surface area contributed by atoms with Gasteiger partial charge in [-0.2, -0.15) is 0 Å². The first-order valence-electron chi connectivity index (χ1n) is 5.78. The molecular weight excluding hydrogens is 238 g/mol. The molecule has 0 saturated heterocycles. The second-order valence-electron chi connectivity index (χ2n) is 3.56. The minimum atomic E-state index is -0.508. The molecule has 100 valence electrons. The van der Waals surface area contributed by atoms with Crippen molar-refractivity contribution in [3.8, 4) is 0 Å². The summed E-state index contributed by atoms with van der Waals surface area (Å²) in [4.78, 5) is 18.2. The standard InChI is InChI=1S/C10H17N5O3/c1-2-11-9-8(15(17)18)10(14-7-13-9)12-5-3-4-6-16/h7,16H,2-6H2,1H3,(H2,11,12,13,14). The third kappa shape index (κ3) is 3.81. The highest BCUT2D eigenvalue weighted by Crippen LogP contribution is 2.28. The predicted octanol–water partition coefficient (Wildman–Crippen LogP) is 1.00. The summed E-state index contributed by atoms with van der Waals surface area (Å²) in [6.07, 6.45) is 2.64. The Hall–Kier alpha value is -1.96. The molecule has 8 heteroatoms. The topological polar surface area (TPSA) is 113 Å². The lowest BCUT2D eigenvalue weighted by molar-refractivity contribution is -0.383. The largest absolute Gasteiger partial charge is 0.396 e. The number of unbranched alkanes of at least 4 members (excludes halogenated alkanes) is 1. The Kier molecular flexibility index (Phi) is 5.78. The Balaban J connectivity index is 2.82. The molecule has 3 N–H and O–H groups in total. The summed E-state index contributed by atoms with van der Waals surface area (Å²) < 4.78 is 0. The van der Waals surface area contributed by atoms with E-state index in [1.807, 2.05) is 6.92 Å². The summed E-state index contributed by atoms with van der Waals surface area (Å²) in [6.45, 7) is 3.00. The normalized spacial score (nSPS) is 10.1. The van der Waals surface area contributed by atoms with Crippen molar-refractivity contribution in [2.45, 2.75) is 19.8 Å². The number of hydrogen-bond acceptors (Lipinski definition) is 7. The average molecular weight is 255 g/mol. The van der Waals surface area contributed by atoms with Crippen molar-refractivity contribution in [1.82, 2.24) is 9.97 Å². The summed E-state index contributed by atoms with van der Waals surface area (Å²) in [5.74, 6) is 0.408. The van der Waals surface area contributed by atoms with Crippen LogP contribution in [0.3, 0.4) is 0 Å². The summed E-state index contributed by atoms with van der Waals surface area (Å²) >= 11 is 0. The molecule has 8 nitrogen and oxygen atoms in total. The highest BCUT2D eigenvalue weighted by Gasteiger charge is 2.21. The van der Waals surface area contributed by atoms with Crippen LogP contribution in [-0.4, -0.2) is 39.7 Å². The lowest BCUT2D eigenvalue weighted by Crippen LogP contribution is -2.10. The minimum absolute atomic E-state index is 0.107. The van der Waals surface area contributed by atoms with Crippen LogP contribution >= 0.6 is 0 Å². The molecule has 0 bridgehead atoms. The number of hydrogen-bond donors (Lipinski definition) is 3. The third-order valence-corrected chi connectivity index (χ3v) is 2.23. The Morgan fingerprint density at radius 2 is 2.00 bits per heavy atom. The van der Waals surface area contributed by atoms with E-state index < -0.39 is 4.92 Å². The molecular formula is C10H17N5O3. The summed E-state index contributed by atoms with van der Waals surface area (Å²) in [5, 5.41) is 25.4. The number of rotatable bonds is 8.